The minimum atomic E-state index is 0.702. The van der Waals surface area contributed by atoms with E-state index in [0.717, 1.165) is 0 Å². The van der Waals surface area contributed by atoms with Crippen molar-refractivity contribution in [3.05, 3.63) is 41.5 Å². The van der Waals surface area contributed by atoms with Crippen molar-refractivity contribution in [1.29, 1.82) is 0 Å². The highest BCUT2D eigenvalue weighted by molar-refractivity contribution is 5.50. The topological polar surface area (TPSA) is 38.0 Å². The number of aryl methyl sites for hydroxylation is 1. The lowest BCUT2D eigenvalue weighted by atomic mass is 10.1. The molecule has 1 aromatic carbocycles. The van der Waals surface area contributed by atoms with Crippen LogP contribution in [0.4, 0.5) is 0 Å². The Labute approximate surface area is 73.1 Å². The lowest BCUT2D eigenvalue weighted by Crippen LogP contribution is -2.21. The summed E-state index contributed by atoms with van der Waals surface area (Å²) in [4.78, 5) is 0. The van der Waals surface area contributed by atoms with Gasteiger partial charge in [0.2, 0.25) is 0 Å². The molecule has 0 radical (unpaired) electrons. The zero-order chi connectivity index (χ0) is 8.81. The molecule has 0 aliphatic heterocycles. The molecule has 0 heterocycles. The normalized spacial score (nSPS) is 10.8. The maximum absolute atomic E-state index is 5.12. The Bertz CT molecular complexity index is 266. The minimum absolute atomic E-state index is 0.702. The Morgan fingerprint density at radius 3 is 3.00 bits per heavy atom. The van der Waals surface area contributed by atoms with Gasteiger partial charge in [0, 0.05) is 6.54 Å². The smallest absolute Gasteiger partial charge is 0.0281 e. The maximum atomic E-state index is 5.12. The van der Waals surface area contributed by atoms with Crippen molar-refractivity contribution in [3.63, 3.8) is 0 Å². The first-order valence-electron chi connectivity index (χ1n) is 3.99. The fourth-order valence-corrected chi connectivity index (χ4v) is 1.04. The fraction of sp³-hybridized carbons (Fsp3) is 0.200. The zero-order valence-electron chi connectivity index (χ0n) is 7.25. The molecular formula is C10H14N2. The molecule has 0 bridgehead atoms. The molecule has 0 amide bonds. The standard InChI is InChI=1S/C10H14N2/c1-9-4-2-5-10(8-9)6-3-7-12-11/h2-6,8,12H,7,11H2,1H3. The van der Waals surface area contributed by atoms with Crippen molar-refractivity contribution >= 4 is 6.08 Å². The third-order valence-electron chi connectivity index (χ3n) is 1.59. The molecule has 1 aromatic rings. The molecule has 1 rings (SSSR count). The molecule has 3 N–H and O–H groups in total. The summed E-state index contributed by atoms with van der Waals surface area (Å²) >= 11 is 0. The molecule has 0 aliphatic carbocycles. The first kappa shape index (κ1) is 8.97. The number of hydrogen-bond acceptors (Lipinski definition) is 2. The van der Waals surface area contributed by atoms with Crippen LogP contribution in [0.1, 0.15) is 11.1 Å². The van der Waals surface area contributed by atoms with Crippen molar-refractivity contribution < 1.29 is 0 Å². The van der Waals surface area contributed by atoms with Crippen LogP contribution < -0.4 is 11.3 Å². The number of rotatable bonds is 3. The van der Waals surface area contributed by atoms with E-state index in [-0.39, 0.29) is 0 Å². The maximum Gasteiger partial charge on any atom is 0.0281 e. The van der Waals surface area contributed by atoms with Gasteiger partial charge in [0.05, 0.1) is 0 Å². The Hall–Kier alpha value is -1.12. The highest BCUT2D eigenvalue weighted by Gasteiger charge is 1.85. The van der Waals surface area contributed by atoms with Gasteiger partial charge in [-0.2, -0.15) is 0 Å². The van der Waals surface area contributed by atoms with E-state index in [4.69, 9.17) is 5.84 Å². The highest BCUT2D eigenvalue weighted by atomic mass is 15.2. The molecule has 2 nitrogen and oxygen atoms in total. The molecule has 0 aromatic heterocycles. The fourth-order valence-electron chi connectivity index (χ4n) is 1.04. The number of hydrogen-bond donors (Lipinski definition) is 2. The van der Waals surface area contributed by atoms with Crippen molar-refractivity contribution in [2.75, 3.05) is 6.54 Å². The van der Waals surface area contributed by atoms with Crippen molar-refractivity contribution in [2.24, 2.45) is 5.84 Å². The number of benzene rings is 1. The van der Waals surface area contributed by atoms with E-state index < -0.39 is 0 Å². The summed E-state index contributed by atoms with van der Waals surface area (Å²) in [6.45, 7) is 2.78. The van der Waals surface area contributed by atoms with Gasteiger partial charge in [-0.3, -0.25) is 11.3 Å². The predicted octanol–water partition coefficient (Wildman–Crippen LogP) is 1.47. The predicted molar refractivity (Wildman–Crippen MR) is 52.4 cm³/mol. The Balaban J connectivity index is 2.63. The van der Waals surface area contributed by atoms with Crippen molar-refractivity contribution in [2.45, 2.75) is 6.92 Å². The number of nitrogens with one attached hydrogen (secondary N) is 1. The SMILES string of the molecule is Cc1cccc(C=CCNN)c1. The summed E-state index contributed by atoms with van der Waals surface area (Å²) in [7, 11) is 0. The second-order valence-electron chi connectivity index (χ2n) is 2.72. The van der Waals surface area contributed by atoms with Gasteiger partial charge >= 0.3 is 0 Å². The third-order valence-corrected chi connectivity index (χ3v) is 1.59. The van der Waals surface area contributed by atoms with Crippen molar-refractivity contribution in [3.8, 4) is 0 Å². The summed E-state index contributed by atoms with van der Waals surface area (Å²) in [5.41, 5.74) is 5.05. The van der Waals surface area contributed by atoms with E-state index in [1.807, 2.05) is 18.2 Å². The van der Waals surface area contributed by atoms with Crippen LogP contribution in [0.3, 0.4) is 0 Å². The average molecular weight is 162 g/mol. The number of nitrogens with two attached hydrogens (primary N) is 1. The first-order chi connectivity index (χ1) is 5.83. The lowest BCUT2D eigenvalue weighted by Gasteiger charge is -1.95. The molecule has 0 aliphatic rings. The molecule has 12 heavy (non-hydrogen) atoms. The lowest BCUT2D eigenvalue weighted by molar-refractivity contribution is 0.825. The zero-order valence-corrected chi connectivity index (χ0v) is 7.25. The molecule has 0 fully saturated rings. The van der Waals surface area contributed by atoms with E-state index in [0.29, 0.717) is 6.54 Å². The van der Waals surface area contributed by atoms with Crippen LogP contribution in [-0.2, 0) is 0 Å². The Morgan fingerprint density at radius 2 is 2.33 bits per heavy atom. The van der Waals surface area contributed by atoms with E-state index in [2.05, 4.69) is 30.5 Å². The number of hydrazine groups is 1. The summed E-state index contributed by atoms with van der Waals surface area (Å²) < 4.78 is 0. The summed E-state index contributed by atoms with van der Waals surface area (Å²) in [5, 5.41) is 0. The van der Waals surface area contributed by atoms with Gasteiger partial charge in [-0.05, 0) is 12.5 Å². The summed E-state index contributed by atoms with van der Waals surface area (Å²) in [6, 6.07) is 8.33. The van der Waals surface area contributed by atoms with Crippen LogP contribution in [0, 0.1) is 6.92 Å². The van der Waals surface area contributed by atoms with Crippen LogP contribution in [0.2, 0.25) is 0 Å². The van der Waals surface area contributed by atoms with Crippen LogP contribution in [0.5, 0.6) is 0 Å². The molecule has 0 saturated carbocycles. The molecule has 0 unspecified atom stereocenters. The molecular weight excluding hydrogens is 148 g/mol. The summed E-state index contributed by atoms with van der Waals surface area (Å²) in [5.74, 6) is 5.12. The molecule has 64 valence electrons. The van der Waals surface area contributed by atoms with Gasteiger partial charge < -0.3 is 0 Å². The monoisotopic (exact) mass is 162 g/mol. The Morgan fingerprint density at radius 1 is 1.50 bits per heavy atom. The van der Waals surface area contributed by atoms with Crippen LogP contribution >= 0.6 is 0 Å². The average Bonchev–Trinajstić information content (AvgIpc) is 2.05. The Kier molecular flexibility index (Phi) is 3.51. The van der Waals surface area contributed by atoms with E-state index in [9.17, 15) is 0 Å². The van der Waals surface area contributed by atoms with Gasteiger partial charge in [0.15, 0.2) is 0 Å². The van der Waals surface area contributed by atoms with Crippen molar-refractivity contribution in [1.82, 2.24) is 5.43 Å². The van der Waals surface area contributed by atoms with Gasteiger partial charge in [0.25, 0.3) is 0 Å². The van der Waals surface area contributed by atoms with Gasteiger partial charge in [-0.1, -0.05) is 42.0 Å². The van der Waals surface area contributed by atoms with Gasteiger partial charge in [0.1, 0.15) is 0 Å². The van der Waals surface area contributed by atoms with Gasteiger partial charge in [-0.15, -0.1) is 0 Å². The highest BCUT2D eigenvalue weighted by Crippen LogP contribution is 2.04. The summed E-state index contributed by atoms with van der Waals surface area (Å²) in [6.07, 6.45) is 4.04. The molecule has 0 atom stereocenters. The van der Waals surface area contributed by atoms with E-state index in [1.54, 1.807) is 0 Å². The minimum Gasteiger partial charge on any atom is -0.271 e. The van der Waals surface area contributed by atoms with E-state index in [1.165, 1.54) is 11.1 Å². The molecule has 0 saturated heterocycles. The largest absolute Gasteiger partial charge is 0.271 e. The van der Waals surface area contributed by atoms with Gasteiger partial charge in [-0.25, -0.2) is 0 Å². The first-order valence-corrected chi connectivity index (χ1v) is 3.99. The van der Waals surface area contributed by atoms with Crippen LogP contribution in [0.25, 0.3) is 6.08 Å². The second-order valence-corrected chi connectivity index (χ2v) is 2.72. The van der Waals surface area contributed by atoms with Crippen LogP contribution in [-0.4, -0.2) is 6.54 Å². The van der Waals surface area contributed by atoms with Crippen LogP contribution in [0.15, 0.2) is 30.3 Å². The van der Waals surface area contributed by atoms with E-state index >= 15 is 0 Å². The second kappa shape index (κ2) is 4.70. The third kappa shape index (κ3) is 2.86. The molecule has 0 spiro atoms. The quantitative estimate of drug-likeness (QED) is 0.521. The molecule has 2 heteroatoms.